The number of rotatable bonds is 7. The zero-order valence-electron chi connectivity index (χ0n) is 20.4. The molecular formula is C28H30N6O2. The second-order valence-corrected chi connectivity index (χ2v) is 9.52. The van der Waals surface area contributed by atoms with Crippen LogP contribution >= 0.6 is 0 Å². The van der Waals surface area contributed by atoms with Gasteiger partial charge in [0.05, 0.1) is 13.2 Å². The SMILES string of the molecule is CC(c1ccc(-c2cccn3nc(Nc4ccc(C(=O)NC5CC5)cc4)nc23)cc1)N1CCOCC1. The Hall–Kier alpha value is -3.75. The molecule has 2 N–H and O–H groups in total. The summed E-state index contributed by atoms with van der Waals surface area (Å²) in [5.74, 6) is 0.486. The molecule has 4 aromatic rings. The van der Waals surface area contributed by atoms with Gasteiger partial charge in [-0.2, -0.15) is 4.98 Å². The van der Waals surface area contributed by atoms with Gasteiger partial charge in [0.1, 0.15) is 0 Å². The number of morpholine rings is 1. The molecule has 1 atom stereocenters. The van der Waals surface area contributed by atoms with Crippen LogP contribution in [0.15, 0.2) is 66.9 Å². The lowest BCUT2D eigenvalue weighted by Crippen LogP contribution is -2.37. The number of aromatic nitrogens is 3. The first kappa shape index (κ1) is 22.7. The van der Waals surface area contributed by atoms with Crippen molar-refractivity contribution < 1.29 is 9.53 Å². The zero-order valence-corrected chi connectivity index (χ0v) is 20.4. The molecule has 1 amide bonds. The lowest BCUT2D eigenvalue weighted by molar-refractivity contribution is 0.0198. The molecule has 1 saturated heterocycles. The van der Waals surface area contributed by atoms with Gasteiger partial charge in [-0.25, -0.2) is 4.52 Å². The van der Waals surface area contributed by atoms with E-state index in [1.54, 1.807) is 4.52 Å². The summed E-state index contributed by atoms with van der Waals surface area (Å²) in [6.07, 6.45) is 4.05. The Morgan fingerprint density at radius 1 is 1.03 bits per heavy atom. The van der Waals surface area contributed by atoms with E-state index in [9.17, 15) is 4.79 Å². The maximum Gasteiger partial charge on any atom is 0.251 e. The average Bonchev–Trinajstić information content (AvgIpc) is 3.64. The smallest absolute Gasteiger partial charge is 0.251 e. The van der Waals surface area contributed by atoms with Gasteiger partial charge >= 0.3 is 0 Å². The molecule has 3 heterocycles. The van der Waals surface area contributed by atoms with E-state index in [1.165, 1.54) is 5.56 Å². The first-order valence-corrected chi connectivity index (χ1v) is 12.6. The van der Waals surface area contributed by atoms with E-state index < -0.39 is 0 Å². The monoisotopic (exact) mass is 482 g/mol. The molecule has 8 heteroatoms. The molecule has 1 aliphatic carbocycles. The van der Waals surface area contributed by atoms with Gasteiger partial charge in [0.25, 0.3) is 5.91 Å². The van der Waals surface area contributed by atoms with Crippen LogP contribution in [0.2, 0.25) is 0 Å². The second kappa shape index (κ2) is 9.72. The number of amides is 1. The van der Waals surface area contributed by atoms with E-state index in [1.807, 2.05) is 36.5 Å². The van der Waals surface area contributed by atoms with E-state index in [0.717, 1.165) is 61.6 Å². The summed E-state index contributed by atoms with van der Waals surface area (Å²) in [6.45, 7) is 5.78. The largest absolute Gasteiger partial charge is 0.379 e. The molecule has 1 unspecified atom stereocenters. The van der Waals surface area contributed by atoms with Gasteiger partial charge < -0.3 is 15.4 Å². The fourth-order valence-corrected chi connectivity index (χ4v) is 4.63. The van der Waals surface area contributed by atoms with Crippen molar-refractivity contribution in [3.05, 3.63) is 78.0 Å². The summed E-state index contributed by atoms with van der Waals surface area (Å²) in [5, 5.41) is 10.9. The molecule has 2 aromatic carbocycles. The maximum atomic E-state index is 12.2. The summed E-state index contributed by atoms with van der Waals surface area (Å²) >= 11 is 0. The fourth-order valence-electron chi connectivity index (χ4n) is 4.63. The van der Waals surface area contributed by atoms with Gasteiger partial charge in [-0.15, -0.1) is 5.10 Å². The van der Waals surface area contributed by atoms with Crippen LogP contribution in [-0.4, -0.2) is 57.8 Å². The highest BCUT2D eigenvalue weighted by atomic mass is 16.5. The third-order valence-electron chi connectivity index (χ3n) is 6.98. The standard InChI is InChI=1S/C28H30N6O2/c1-19(33-15-17-36-18-16-33)20-4-6-21(7-5-20)25-3-2-14-34-26(25)31-28(32-34)30-24-10-8-22(9-11-24)27(35)29-23-12-13-23/h2-11,14,19,23H,12-13,15-18H2,1H3,(H,29,35)(H,30,32). The Labute approximate surface area is 210 Å². The number of fused-ring (bicyclic) bond motifs is 1. The summed E-state index contributed by atoms with van der Waals surface area (Å²) in [4.78, 5) is 19.4. The Balaban J connectivity index is 1.19. The molecule has 1 saturated carbocycles. The fraction of sp³-hybridized carbons (Fsp3) is 0.321. The normalized spacial score (nSPS) is 17.1. The molecular weight excluding hydrogens is 452 g/mol. The minimum Gasteiger partial charge on any atom is -0.379 e. The van der Waals surface area contributed by atoms with Crippen LogP contribution in [0.3, 0.4) is 0 Å². The van der Waals surface area contributed by atoms with Gasteiger partial charge in [0, 0.05) is 48.2 Å². The van der Waals surface area contributed by atoms with Crippen molar-refractivity contribution >= 4 is 23.2 Å². The third kappa shape index (κ3) is 4.82. The molecule has 36 heavy (non-hydrogen) atoms. The Morgan fingerprint density at radius 2 is 1.78 bits per heavy atom. The summed E-state index contributed by atoms with van der Waals surface area (Å²) in [7, 11) is 0. The highest BCUT2D eigenvalue weighted by molar-refractivity contribution is 5.95. The maximum absolute atomic E-state index is 12.2. The molecule has 2 aromatic heterocycles. The van der Waals surface area contributed by atoms with Crippen LogP contribution in [0.1, 0.15) is 41.7 Å². The molecule has 6 rings (SSSR count). The highest BCUT2D eigenvalue weighted by Gasteiger charge is 2.23. The lowest BCUT2D eigenvalue weighted by Gasteiger charge is -2.32. The van der Waals surface area contributed by atoms with Crippen molar-refractivity contribution in [2.75, 3.05) is 31.6 Å². The Morgan fingerprint density at radius 3 is 2.50 bits per heavy atom. The first-order valence-electron chi connectivity index (χ1n) is 12.6. The van der Waals surface area contributed by atoms with E-state index in [2.05, 4.69) is 57.9 Å². The van der Waals surface area contributed by atoms with Crippen LogP contribution in [-0.2, 0) is 4.74 Å². The minimum atomic E-state index is -0.0232. The quantitative estimate of drug-likeness (QED) is 0.406. The molecule has 0 radical (unpaired) electrons. The number of hydrogen-bond donors (Lipinski definition) is 2. The van der Waals surface area contributed by atoms with Gasteiger partial charge in [-0.3, -0.25) is 9.69 Å². The summed E-state index contributed by atoms with van der Waals surface area (Å²) in [6, 6.07) is 20.9. The van der Waals surface area contributed by atoms with Crippen LogP contribution in [0.25, 0.3) is 16.8 Å². The number of carbonyl (C=O) groups is 1. The summed E-state index contributed by atoms with van der Waals surface area (Å²) < 4.78 is 7.29. The Kier molecular flexibility index (Phi) is 6.13. The number of benzene rings is 2. The zero-order chi connectivity index (χ0) is 24.5. The van der Waals surface area contributed by atoms with E-state index in [4.69, 9.17) is 9.72 Å². The molecule has 0 bridgehead atoms. The topological polar surface area (TPSA) is 83.8 Å². The molecule has 8 nitrogen and oxygen atoms in total. The number of pyridine rings is 1. The Bertz CT molecular complexity index is 1360. The molecule has 184 valence electrons. The average molecular weight is 483 g/mol. The number of hydrogen-bond acceptors (Lipinski definition) is 6. The lowest BCUT2D eigenvalue weighted by atomic mass is 10.0. The van der Waals surface area contributed by atoms with Crippen molar-refractivity contribution in [3.63, 3.8) is 0 Å². The highest BCUT2D eigenvalue weighted by Crippen LogP contribution is 2.28. The van der Waals surface area contributed by atoms with Crippen molar-refractivity contribution in [3.8, 4) is 11.1 Å². The number of ether oxygens (including phenoxy) is 1. The van der Waals surface area contributed by atoms with Crippen LogP contribution in [0.5, 0.6) is 0 Å². The summed E-state index contributed by atoms with van der Waals surface area (Å²) in [5.41, 5.74) is 5.69. The molecule has 2 fully saturated rings. The third-order valence-corrected chi connectivity index (χ3v) is 6.98. The molecule has 0 spiro atoms. The van der Waals surface area contributed by atoms with Crippen LogP contribution in [0.4, 0.5) is 11.6 Å². The van der Waals surface area contributed by atoms with E-state index in [-0.39, 0.29) is 5.91 Å². The van der Waals surface area contributed by atoms with Crippen molar-refractivity contribution in [2.24, 2.45) is 0 Å². The molecule has 1 aliphatic heterocycles. The second-order valence-electron chi connectivity index (χ2n) is 9.52. The first-order chi connectivity index (χ1) is 17.6. The van der Waals surface area contributed by atoms with Crippen molar-refractivity contribution in [2.45, 2.75) is 31.8 Å². The molecule has 2 aliphatic rings. The predicted octanol–water partition coefficient (Wildman–Crippen LogP) is 4.43. The van der Waals surface area contributed by atoms with Crippen LogP contribution in [0, 0.1) is 0 Å². The van der Waals surface area contributed by atoms with Crippen molar-refractivity contribution in [1.29, 1.82) is 0 Å². The number of nitrogens with one attached hydrogen (secondary N) is 2. The van der Waals surface area contributed by atoms with E-state index in [0.29, 0.717) is 23.6 Å². The number of anilines is 2. The van der Waals surface area contributed by atoms with Gasteiger partial charge in [0.15, 0.2) is 5.65 Å². The van der Waals surface area contributed by atoms with Gasteiger partial charge in [-0.05, 0) is 67.3 Å². The van der Waals surface area contributed by atoms with Crippen LogP contribution < -0.4 is 10.6 Å². The van der Waals surface area contributed by atoms with E-state index >= 15 is 0 Å². The van der Waals surface area contributed by atoms with Gasteiger partial charge in [-0.1, -0.05) is 24.3 Å². The van der Waals surface area contributed by atoms with Crippen molar-refractivity contribution in [1.82, 2.24) is 24.8 Å². The predicted molar refractivity (Wildman–Crippen MR) is 139 cm³/mol. The number of carbonyl (C=O) groups excluding carboxylic acids is 1. The van der Waals surface area contributed by atoms with Gasteiger partial charge in [0.2, 0.25) is 5.95 Å². The minimum absolute atomic E-state index is 0.0232. The number of nitrogens with zero attached hydrogens (tertiary/aromatic N) is 4.